The first-order chi connectivity index (χ1) is 18.0. The number of hydrogen-bond donors (Lipinski definition) is 1. The molecule has 3 aromatic carbocycles. The maximum Gasteiger partial charge on any atom is 0.407 e. The number of esters is 1. The van der Waals surface area contributed by atoms with E-state index in [-0.39, 0.29) is 32.5 Å². The van der Waals surface area contributed by atoms with Crippen molar-refractivity contribution >= 4 is 34.7 Å². The second-order valence-corrected chi connectivity index (χ2v) is 9.57. The van der Waals surface area contributed by atoms with Crippen molar-refractivity contribution in [2.45, 2.75) is 18.4 Å². The molecule has 194 valence electrons. The number of fused-ring (bicyclic) bond motifs is 3. The zero-order valence-corrected chi connectivity index (χ0v) is 22.7. The number of carbonyl (C=O) groups excluding carboxylic acids is 2. The van der Waals surface area contributed by atoms with Gasteiger partial charge in [0.25, 0.3) is 0 Å². The van der Waals surface area contributed by atoms with Crippen LogP contribution in [0.1, 0.15) is 22.6 Å². The summed E-state index contributed by atoms with van der Waals surface area (Å²) in [5.74, 6) is -0.0439. The van der Waals surface area contributed by atoms with Crippen LogP contribution in [0.3, 0.4) is 0 Å². The van der Waals surface area contributed by atoms with Crippen molar-refractivity contribution in [1.29, 1.82) is 0 Å². The number of ether oxygens (including phenoxy) is 5. The Bertz CT molecular complexity index is 1200. The predicted octanol–water partition coefficient (Wildman–Crippen LogP) is 4.87. The van der Waals surface area contributed by atoms with E-state index < -0.39 is 18.1 Å². The standard InChI is InChI=1S/C28H28INO7/c1-33-16-36-26-12-11-18(13-24(26)29)14-25(27(31)37-17-34-2)30-28(32)35-15-23-21-9-5-3-7-19(21)20-8-4-6-10-22(20)23/h3-13,23,25H,14-17H2,1-2H3,(H,30,32). The summed E-state index contributed by atoms with van der Waals surface area (Å²) in [6, 6.07) is 20.7. The molecular weight excluding hydrogens is 589 g/mol. The molecule has 8 nitrogen and oxygen atoms in total. The lowest BCUT2D eigenvalue weighted by Crippen LogP contribution is -2.44. The van der Waals surface area contributed by atoms with Crippen LogP contribution >= 0.6 is 22.6 Å². The summed E-state index contributed by atoms with van der Waals surface area (Å²) < 4.78 is 26.9. The van der Waals surface area contributed by atoms with E-state index in [0.717, 1.165) is 31.4 Å². The Kier molecular flexibility index (Phi) is 9.37. The van der Waals surface area contributed by atoms with Crippen molar-refractivity contribution in [3.8, 4) is 16.9 Å². The molecule has 0 saturated carbocycles. The topological polar surface area (TPSA) is 92.3 Å². The Morgan fingerprint density at radius 2 is 1.54 bits per heavy atom. The minimum absolute atomic E-state index is 0.0849. The SMILES string of the molecule is COCOC(=O)C(Cc1ccc(OCOC)c(I)c1)NC(=O)OCC1c2ccccc2-c2ccccc21. The van der Waals surface area contributed by atoms with Crippen LogP contribution in [0.2, 0.25) is 0 Å². The van der Waals surface area contributed by atoms with Crippen molar-refractivity contribution in [1.82, 2.24) is 5.32 Å². The summed E-state index contributed by atoms with van der Waals surface area (Å²) in [6.45, 7) is 0.0524. The highest BCUT2D eigenvalue weighted by molar-refractivity contribution is 14.1. The van der Waals surface area contributed by atoms with Gasteiger partial charge in [-0.05, 0) is 62.5 Å². The lowest BCUT2D eigenvalue weighted by Gasteiger charge is -2.19. The molecule has 1 amide bonds. The summed E-state index contributed by atoms with van der Waals surface area (Å²) in [7, 11) is 2.97. The number of rotatable bonds is 11. The van der Waals surface area contributed by atoms with Gasteiger partial charge in [-0.25, -0.2) is 9.59 Å². The molecule has 0 bridgehead atoms. The van der Waals surface area contributed by atoms with Crippen LogP contribution in [0.25, 0.3) is 11.1 Å². The minimum Gasteiger partial charge on any atom is -0.466 e. The second kappa shape index (κ2) is 12.9. The van der Waals surface area contributed by atoms with Crippen molar-refractivity contribution in [2.75, 3.05) is 34.4 Å². The summed E-state index contributed by atoms with van der Waals surface area (Å²) in [5.41, 5.74) is 5.31. The van der Waals surface area contributed by atoms with Gasteiger partial charge in [-0.15, -0.1) is 0 Å². The first-order valence-electron chi connectivity index (χ1n) is 11.7. The Morgan fingerprint density at radius 3 is 2.16 bits per heavy atom. The molecule has 1 atom stereocenters. The lowest BCUT2D eigenvalue weighted by atomic mass is 9.98. The van der Waals surface area contributed by atoms with Gasteiger partial charge in [0, 0.05) is 26.6 Å². The van der Waals surface area contributed by atoms with Gasteiger partial charge in [-0.1, -0.05) is 54.6 Å². The number of halogens is 1. The molecule has 4 rings (SSSR count). The zero-order chi connectivity index (χ0) is 26.2. The largest absolute Gasteiger partial charge is 0.466 e. The van der Waals surface area contributed by atoms with Gasteiger partial charge in [-0.3, -0.25) is 0 Å². The fourth-order valence-corrected chi connectivity index (χ4v) is 5.08. The Morgan fingerprint density at radius 1 is 0.892 bits per heavy atom. The van der Waals surface area contributed by atoms with Gasteiger partial charge >= 0.3 is 12.1 Å². The molecule has 0 aromatic heterocycles. The third-order valence-electron chi connectivity index (χ3n) is 6.01. The Balaban J connectivity index is 1.44. The lowest BCUT2D eigenvalue weighted by molar-refractivity contribution is -0.156. The van der Waals surface area contributed by atoms with E-state index in [1.54, 1.807) is 13.2 Å². The molecular formula is C28H28INO7. The molecule has 1 aliphatic carbocycles. The quantitative estimate of drug-likeness (QED) is 0.187. The van der Waals surface area contributed by atoms with Crippen molar-refractivity contribution < 1.29 is 33.3 Å². The van der Waals surface area contributed by atoms with Gasteiger partial charge in [-0.2, -0.15) is 0 Å². The maximum absolute atomic E-state index is 12.8. The van der Waals surface area contributed by atoms with Gasteiger partial charge in [0.05, 0.1) is 3.57 Å². The van der Waals surface area contributed by atoms with E-state index in [4.69, 9.17) is 23.7 Å². The van der Waals surface area contributed by atoms with E-state index in [1.807, 2.05) is 48.5 Å². The molecule has 0 saturated heterocycles. The number of carbonyl (C=O) groups is 2. The molecule has 37 heavy (non-hydrogen) atoms. The van der Waals surface area contributed by atoms with Gasteiger partial charge in [0.15, 0.2) is 13.6 Å². The number of alkyl carbamates (subject to hydrolysis) is 1. The van der Waals surface area contributed by atoms with Crippen LogP contribution in [0.5, 0.6) is 5.75 Å². The molecule has 0 heterocycles. The summed E-state index contributed by atoms with van der Waals surface area (Å²) >= 11 is 2.14. The van der Waals surface area contributed by atoms with Crippen LogP contribution in [0, 0.1) is 3.57 Å². The predicted molar refractivity (Wildman–Crippen MR) is 145 cm³/mol. The van der Waals surface area contributed by atoms with Crippen molar-refractivity contribution in [3.63, 3.8) is 0 Å². The molecule has 0 aliphatic heterocycles. The van der Waals surface area contributed by atoms with Crippen LogP contribution in [-0.2, 0) is 30.2 Å². The van der Waals surface area contributed by atoms with E-state index in [9.17, 15) is 9.59 Å². The number of benzene rings is 3. The smallest absolute Gasteiger partial charge is 0.407 e. The third kappa shape index (κ3) is 6.60. The molecule has 1 aliphatic rings. The highest BCUT2D eigenvalue weighted by Gasteiger charge is 2.30. The molecule has 3 aromatic rings. The van der Waals surface area contributed by atoms with E-state index in [2.05, 4.69) is 40.0 Å². The fraction of sp³-hybridized carbons (Fsp3) is 0.286. The Labute approximate surface area is 229 Å². The summed E-state index contributed by atoms with van der Waals surface area (Å²) in [4.78, 5) is 25.5. The summed E-state index contributed by atoms with van der Waals surface area (Å²) in [6.07, 6.45) is -0.496. The highest BCUT2D eigenvalue weighted by Crippen LogP contribution is 2.44. The molecule has 9 heteroatoms. The first-order valence-corrected chi connectivity index (χ1v) is 12.8. The molecule has 1 N–H and O–H groups in total. The number of hydrogen-bond acceptors (Lipinski definition) is 7. The van der Waals surface area contributed by atoms with Crippen LogP contribution in [0.15, 0.2) is 66.7 Å². The number of nitrogens with one attached hydrogen (secondary N) is 1. The number of amides is 1. The Hall–Kier alpha value is -3.15. The van der Waals surface area contributed by atoms with Crippen LogP contribution in [-0.4, -0.2) is 52.5 Å². The van der Waals surface area contributed by atoms with Crippen LogP contribution in [0.4, 0.5) is 4.79 Å². The maximum atomic E-state index is 12.8. The average Bonchev–Trinajstić information content (AvgIpc) is 3.23. The molecule has 0 fully saturated rings. The molecule has 1 unspecified atom stereocenters. The molecule has 0 radical (unpaired) electrons. The normalized spacial score (nSPS) is 12.8. The summed E-state index contributed by atoms with van der Waals surface area (Å²) in [5, 5.41) is 2.67. The van der Waals surface area contributed by atoms with Gasteiger partial charge in [0.2, 0.25) is 0 Å². The van der Waals surface area contributed by atoms with Crippen molar-refractivity contribution in [3.05, 3.63) is 87.0 Å². The minimum atomic E-state index is -0.965. The van der Waals surface area contributed by atoms with Gasteiger partial charge < -0.3 is 29.0 Å². The van der Waals surface area contributed by atoms with E-state index in [1.165, 1.54) is 7.11 Å². The first kappa shape index (κ1) is 26.9. The van der Waals surface area contributed by atoms with Gasteiger partial charge in [0.1, 0.15) is 18.4 Å². The van der Waals surface area contributed by atoms with E-state index in [0.29, 0.717) is 5.75 Å². The zero-order valence-electron chi connectivity index (χ0n) is 20.6. The molecule has 0 spiro atoms. The average molecular weight is 617 g/mol. The van der Waals surface area contributed by atoms with Crippen LogP contribution < -0.4 is 10.1 Å². The second-order valence-electron chi connectivity index (χ2n) is 8.41. The third-order valence-corrected chi connectivity index (χ3v) is 6.85. The highest BCUT2D eigenvalue weighted by atomic mass is 127. The fourth-order valence-electron chi connectivity index (χ4n) is 4.34. The monoisotopic (exact) mass is 617 g/mol. The number of methoxy groups -OCH3 is 2. The van der Waals surface area contributed by atoms with Crippen molar-refractivity contribution in [2.24, 2.45) is 0 Å². The van der Waals surface area contributed by atoms with E-state index >= 15 is 0 Å².